The predicted molar refractivity (Wildman–Crippen MR) is 113 cm³/mol. The molecule has 0 N–H and O–H groups in total. The molecule has 0 spiro atoms. The van der Waals surface area contributed by atoms with E-state index in [0.29, 0.717) is 0 Å². The number of anilines is 1. The second-order valence-corrected chi connectivity index (χ2v) is 8.47. The van der Waals surface area contributed by atoms with Gasteiger partial charge in [0.25, 0.3) is 0 Å². The van der Waals surface area contributed by atoms with Gasteiger partial charge in [-0.2, -0.15) is 4.37 Å². The summed E-state index contributed by atoms with van der Waals surface area (Å²) in [6.45, 7) is 9.12. The van der Waals surface area contributed by atoms with Crippen molar-refractivity contribution in [1.29, 1.82) is 0 Å². The molecular weight excluding hydrogens is 352 g/mol. The van der Waals surface area contributed by atoms with Crippen LogP contribution in [-0.2, 0) is 13.1 Å². The van der Waals surface area contributed by atoms with Gasteiger partial charge in [0.05, 0.1) is 4.70 Å². The maximum atomic E-state index is 4.72. The normalized spacial score (nSPS) is 18.3. The number of rotatable bonds is 5. The van der Waals surface area contributed by atoms with E-state index in [4.69, 9.17) is 4.37 Å². The van der Waals surface area contributed by atoms with Crippen LogP contribution in [0.2, 0.25) is 0 Å². The fourth-order valence-electron chi connectivity index (χ4n) is 4.36. The molecule has 0 aliphatic carbocycles. The molecule has 0 radical (unpaired) electrons. The van der Waals surface area contributed by atoms with Crippen LogP contribution < -0.4 is 4.90 Å². The molecule has 0 bridgehead atoms. The number of hydrogen-bond acceptors (Lipinski definition) is 5. The van der Waals surface area contributed by atoms with Gasteiger partial charge in [-0.25, -0.2) is 0 Å². The fraction of sp³-hybridized carbons (Fsp3) is 0.409. The topological polar surface area (TPSA) is 22.6 Å². The third-order valence-electron chi connectivity index (χ3n) is 5.89. The van der Waals surface area contributed by atoms with Crippen molar-refractivity contribution >= 4 is 27.4 Å². The molecule has 2 aliphatic rings. The Morgan fingerprint density at radius 1 is 0.778 bits per heavy atom. The van der Waals surface area contributed by atoms with E-state index < -0.39 is 0 Å². The van der Waals surface area contributed by atoms with E-state index in [0.717, 1.165) is 39.3 Å². The number of fused-ring (bicyclic) bond motifs is 2. The highest BCUT2D eigenvalue weighted by molar-refractivity contribution is 7.13. The van der Waals surface area contributed by atoms with E-state index >= 15 is 0 Å². The Morgan fingerprint density at radius 2 is 1.44 bits per heavy atom. The van der Waals surface area contributed by atoms with Crippen molar-refractivity contribution in [3.8, 4) is 0 Å². The van der Waals surface area contributed by atoms with Gasteiger partial charge in [0.15, 0.2) is 0 Å². The number of nitrogens with zero attached hydrogens (tertiary/aromatic N) is 4. The van der Waals surface area contributed by atoms with E-state index in [1.54, 1.807) is 11.5 Å². The molecule has 0 unspecified atom stereocenters. The third-order valence-corrected chi connectivity index (χ3v) is 6.70. The first-order valence-corrected chi connectivity index (χ1v) is 10.7. The van der Waals surface area contributed by atoms with Gasteiger partial charge in [-0.3, -0.25) is 9.80 Å². The largest absolute Gasteiger partial charge is 0.353 e. The Morgan fingerprint density at radius 3 is 2.22 bits per heavy atom. The van der Waals surface area contributed by atoms with Crippen molar-refractivity contribution in [3.63, 3.8) is 0 Å². The van der Waals surface area contributed by atoms with Crippen molar-refractivity contribution in [1.82, 2.24) is 14.2 Å². The van der Waals surface area contributed by atoms with E-state index in [9.17, 15) is 0 Å². The van der Waals surface area contributed by atoms with Crippen LogP contribution in [0.3, 0.4) is 0 Å². The molecule has 3 heterocycles. The molecule has 0 atom stereocenters. The average molecular weight is 379 g/mol. The van der Waals surface area contributed by atoms with Gasteiger partial charge < -0.3 is 4.90 Å². The summed E-state index contributed by atoms with van der Waals surface area (Å²) in [6.07, 6.45) is 1.26. The van der Waals surface area contributed by atoms with Gasteiger partial charge >= 0.3 is 0 Å². The van der Waals surface area contributed by atoms with Crippen molar-refractivity contribution < 1.29 is 0 Å². The van der Waals surface area contributed by atoms with Gasteiger partial charge in [0.1, 0.15) is 5.82 Å². The molecule has 0 amide bonds. The van der Waals surface area contributed by atoms with Crippen molar-refractivity contribution in [2.45, 2.75) is 19.5 Å². The summed E-state index contributed by atoms with van der Waals surface area (Å²) >= 11 is 1.62. The summed E-state index contributed by atoms with van der Waals surface area (Å²) in [6, 6.07) is 17.5. The lowest BCUT2D eigenvalue weighted by Crippen LogP contribution is -2.47. The standard InChI is InChI=1S/C22H26N4S/c1-2-7-19-17-25(16-18(19)6-1)11-5-10-24-12-14-26(15-13-24)22-20-8-3-4-9-21(20)27-23-22/h1-4,6-9H,5,10-17H2. The Kier molecular flexibility index (Phi) is 4.82. The Bertz CT molecular complexity index is 888. The second-order valence-electron chi connectivity index (χ2n) is 7.66. The maximum Gasteiger partial charge on any atom is 0.150 e. The van der Waals surface area contributed by atoms with Crippen LogP contribution >= 0.6 is 11.5 Å². The zero-order valence-electron chi connectivity index (χ0n) is 15.7. The Hall–Kier alpha value is -1.95. The minimum absolute atomic E-state index is 1.09. The van der Waals surface area contributed by atoms with Crippen LogP contribution in [-0.4, -0.2) is 53.4 Å². The fourth-order valence-corrected chi connectivity index (χ4v) is 5.16. The summed E-state index contributed by atoms with van der Waals surface area (Å²) in [5, 5.41) is 1.31. The average Bonchev–Trinajstić information content (AvgIpc) is 3.32. The number of hydrogen-bond donors (Lipinski definition) is 0. The first-order valence-electron chi connectivity index (χ1n) is 9.98. The van der Waals surface area contributed by atoms with Crippen LogP contribution in [0.15, 0.2) is 48.5 Å². The zero-order chi connectivity index (χ0) is 18.1. The van der Waals surface area contributed by atoms with E-state index in [1.165, 1.54) is 46.5 Å². The lowest BCUT2D eigenvalue weighted by molar-refractivity contribution is 0.220. The van der Waals surface area contributed by atoms with Crippen LogP contribution in [0.1, 0.15) is 17.5 Å². The minimum Gasteiger partial charge on any atom is -0.353 e. The number of benzene rings is 2. The van der Waals surface area contributed by atoms with E-state index in [-0.39, 0.29) is 0 Å². The summed E-state index contributed by atoms with van der Waals surface area (Å²) in [7, 11) is 0. The monoisotopic (exact) mass is 378 g/mol. The van der Waals surface area contributed by atoms with Gasteiger partial charge in [0, 0.05) is 51.2 Å². The van der Waals surface area contributed by atoms with E-state index in [2.05, 4.69) is 63.2 Å². The highest BCUT2D eigenvalue weighted by Crippen LogP contribution is 2.29. The van der Waals surface area contributed by atoms with Crippen molar-refractivity contribution in [2.24, 2.45) is 0 Å². The molecule has 2 aliphatic heterocycles. The van der Waals surface area contributed by atoms with Crippen LogP contribution in [0.4, 0.5) is 5.82 Å². The molecule has 4 nitrogen and oxygen atoms in total. The summed E-state index contributed by atoms with van der Waals surface area (Å²) in [4.78, 5) is 7.67. The highest BCUT2D eigenvalue weighted by atomic mass is 32.1. The molecule has 5 heteroatoms. The predicted octanol–water partition coefficient (Wildman–Crippen LogP) is 3.82. The van der Waals surface area contributed by atoms with Crippen LogP contribution in [0.25, 0.3) is 10.1 Å². The molecular formula is C22H26N4S. The molecule has 3 aromatic rings. The van der Waals surface area contributed by atoms with Crippen LogP contribution in [0.5, 0.6) is 0 Å². The lowest BCUT2D eigenvalue weighted by atomic mass is 10.1. The molecule has 1 aromatic heterocycles. The maximum absolute atomic E-state index is 4.72. The summed E-state index contributed by atoms with van der Waals surface area (Å²) in [5.41, 5.74) is 3.03. The first kappa shape index (κ1) is 17.2. The highest BCUT2D eigenvalue weighted by Gasteiger charge is 2.21. The first-order chi connectivity index (χ1) is 13.4. The molecule has 27 heavy (non-hydrogen) atoms. The zero-order valence-corrected chi connectivity index (χ0v) is 16.5. The second kappa shape index (κ2) is 7.58. The Balaban J connectivity index is 1.09. The smallest absolute Gasteiger partial charge is 0.150 e. The van der Waals surface area contributed by atoms with Gasteiger partial charge in [0.2, 0.25) is 0 Å². The lowest BCUT2D eigenvalue weighted by Gasteiger charge is -2.35. The quantitative estimate of drug-likeness (QED) is 0.673. The van der Waals surface area contributed by atoms with E-state index in [1.807, 2.05) is 0 Å². The van der Waals surface area contributed by atoms with Crippen molar-refractivity contribution in [3.05, 3.63) is 59.7 Å². The molecule has 2 aromatic carbocycles. The molecule has 0 saturated carbocycles. The minimum atomic E-state index is 1.09. The Labute approximate surface area is 165 Å². The molecule has 5 rings (SSSR count). The molecule has 1 fully saturated rings. The molecule has 140 valence electrons. The van der Waals surface area contributed by atoms with Crippen LogP contribution in [0, 0.1) is 0 Å². The molecule has 1 saturated heterocycles. The summed E-state index contributed by atoms with van der Waals surface area (Å²) in [5.74, 6) is 1.19. The SMILES string of the molecule is c1ccc2c(c1)CN(CCCN1CCN(c3nsc4ccccc34)CC1)C2. The number of aromatic nitrogens is 1. The van der Waals surface area contributed by atoms with Gasteiger partial charge in [-0.15, -0.1) is 0 Å². The third kappa shape index (κ3) is 3.59. The van der Waals surface area contributed by atoms with Gasteiger partial charge in [-0.05, 0) is 47.8 Å². The number of piperazine rings is 1. The summed E-state index contributed by atoms with van der Waals surface area (Å²) < 4.78 is 6.01. The van der Waals surface area contributed by atoms with Gasteiger partial charge in [-0.1, -0.05) is 36.4 Å². The van der Waals surface area contributed by atoms with Crippen molar-refractivity contribution in [2.75, 3.05) is 44.2 Å².